The van der Waals surface area contributed by atoms with Crippen LogP contribution < -0.4 is 4.74 Å². The molecule has 0 radical (unpaired) electrons. The van der Waals surface area contributed by atoms with Gasteiger partial charge < -0.3 is 9.84 Å². The minimum absolute atomic E-state index is 0.0117. The molecule has 0 aromatic heterocycles. The Balaban J connectivity index is 2.14. The van der Waals surface area contributed by atoms with Crippen LogP contribution in [-0.2, 0) is 11.2 Å². The normalized spacial score (nSPS) is 10.7. The summed E-state index contributed by atoms with van der Waals surface area (Å²) in [6, 6.07) is 9.76. The molecule has 0 saturated carbocycles. The van der Waals surface area contributed by atoms with Crippen molar-refractivity contribution in [3.63, 3.8) is 0 Å². The van der Waals surface area contributed by atoms with Crippen molar-refractivity contribution >= 4 is 5.78 Å². The van der Waals surface area contributed by atoms with Gasteiger partial charge in [-0.25, -0.2) is 0 Å². The fourth-order valence-electron chi connectivity index (χ4n) is 3.14. The van der Waals surface area contributed by atoms with Crippen molar-refractivity contribution in [2.45, 2.75) is 52.9 Å². The number of carbonyl (C=O) groups excluding carboxylic acids is 1. The summed E-state index contributed by atoms with van der Waals surface area (Å²) in [5.41, 5.74) is 5.62. The van der Waals surface area contributed by atoms with Crippen molar-refractivity contribution in [1.82, 2.24) is 0 Å². The number of phenols is 1. The van der Waals surface area contributed by atoms with Gasteiger partial charge in [0.05, 0.1) is 0 Å². The third kappa shape index (κ3) is 5.62. The summed E-state index contributed by atoms with van der Waals surface area (Å²) in [4.78, 5) is 11.7. The third-order valence-corrected chi connectivity index (χ3v) is 4.71. The van der Waals surface area contributed by atoms with E-state index in [-0.39, 0.29) is 18.3 Å². The second-order valence-corrected chi connectivity index (χ2v) is 7.29. The van der Waals surface area contributed by atoms with Crippen LogP contribution in [0.2, 0.25) is 0 Å². The number of benzene rings is 2. The quantitative estimate of drug-likeness (QED) is 0.664. The molecular formula is C24H28O3. The van der Waals surface area contributed by atoms with Crippen molar-refractivity contribution in [1.29, 1.82) is 0 Å². The predicted molar refractivity (Wildman–Crippen MR) is 109 cm³/mol. The molecule has 0 saturated heterocycles. The SMILES string of the molecule is C#CCCC(=O)COc1cc(C)c(Cc2ccc(O)c(C(C)C)c2)c(C)c1. The molecule has 142 valence electrons. The largest absolute Gasteiger partial charge is 0.508 e. The Bertz CT molecular complexity index is 833. The van der Waals surface area contributed by atoms with Gasteiger partial charge in [-0.05, 0) is 72.2 Å². The number of ether oxygens (including phenoxy) is 1. The van der Waals surface area contributed by atoms with Crippen LogP contribution in [0.5, 0.6) is 11.5 Å². The summed E-state index contributed by atoms with van der Waals surface area (Å²) < 4.78 is 5.65. The molecule has 3 heteroatoms. The van der Waals surface area contributed by atoms with Crippen LogP contribution in [0.25, 0.3) is 0 Å². The van der Waals surface area contributed by atoms with Gasteiger partial charge in [0.25, 0.3) is 0 Å². The highest BCUT2D eigenvalue weighted by Gasteiger charge is 2.11. The fraction of sp³-hybridized carbons (Fsp3) is 0.375. The lowest BCUT2D eigenvalue weighted by molar-refractivity contribution is -0.120. The van der Waals surface area contributed by atoms with E-state index >= 15 is 0 Å². The molecule has 2 rings (SSSR count). The molecule has 0 atom stereocenters. The van der Waals surface area contributed by atoms with Crippen LogP contribution in [0.4, 0.5) is 0 Å². The Hall–Kier alpha value is -2.73. The van der Waals surface area contributed by atoms with E-state index < -0.39 is 0 Å². The van der Waals surface area contributed by atoms with E-state index in [0.29, 0.717) is 24.3 Å². The zero-order valence-electron chi connectivity index (χ0n) is 16.6. The van der Waals surface area contributed by atoms with E-state index in [0.717, 1.165) is 23.1 Å². The number of terminal acetylenes is 1. The summed E-state index contributed by atoms with van der Waals surface area (Å²) in [6.07, 6.45) is 6.77. The van der Waals surface area contributed by atoms with Crippen LogP contribution in [0, 0.1) is 26.2 Å². The lowest BCUT2D eigenvalue weighted by Gasteiger charge is -2.15. The van der Waals surface area contributed by atoms with Crippen LogP contribution in [-0.4, -0.2) is 17.5 Å². The van der Waals surface area contributed by atoms with Crippen molar-refractivity contribution in [3.05, 3.63) is 58.1 Å². The maximum atomic E-state index is 11.7. The predicted octanol–water partition coefficient (Wildman–Crippen LogP) is 5.08. The van der Waals surface area contributed by atoms with E-state index in [9.17, 15) is 9.90 Å². The van der Waals surface area contributed by atoms with Crippen molar-refractivity contribution in [3.8, 4) is 23.8 Å². The fourth-order valence-corrected chi connectivity index (χ4v) is 3.14. The Kier molecular flexibility index (Phi) is 7.07. The van der Waals surface area contributed by atoms with Gasteiger partial charge in [0.15, 0.2) is 5.78 Å². The Morgan fingerprint density at radius 1 is 1.19 bits per heavy atom. The number of aryl methyl sites for hydroxylation is 2. The summed E-state index contributed by atoms with van der Waals surface area (Å²) in [6.45, 7) is 8.31. The highest BCUT2D eigenvalue weighted by molar-refractivity contribution is 5.80. The number of rotatable bonds is 8. The average molecular weight is 364 g/mol. The smallest absolute Gasteiger partial charge is 0.171 e. The van der Waals surface area contributed by atoms with Gasteiger partial charge in [0.1, 0.15) is 18.1 Å². The second-order valence-electron chi connectivity index (χ2n) is 7.29. The molecule has 0 amide bonds. The molecule has 0 aliphatic rings. The van der Waals surface area contributed by atoms with Crippen molar-refractivity contribution in [2.75, 3.05) is 6.61 Å². The Morgan fingerprint density at radius 3 is 2.44 bits per heavy atom. The van der Waals surface area contributed by atoms with Gasteiger partial charge in [0.2, 0.25) is 0 Å². The molecule has 0 bridgehead atoms. The highest BCUT2D eigenvalue weighted by atomic mass is 16.5. The minimum atomic E-state index is 0.0117. The topological polar surface area (TPSA) is 46.5 Å². The molecule has 27 heavy (non-hydrogen) atoms. The van der Waals surface area contributed by atoms with Crippen LogP contribution in [0.15, 0.2) is 30.3 Å². The van der Waals surface area contributed by atoms with E-state index in [4.69, 9.17) is 11.2 Å². The van der Waals surface area contributed by atoms with Gasteiger partial charge in [-0.2, -0.15) is 0 Å². The van der Waals surface area contributed by atoms with Gasteiger partial charge >= 0.3 is 0 Å². The molecule has 3 nitrogen and oxygen atoms in total. The molecular weight excluding hydrogens is 336 g/mol. The van der Waals surface area contributed by atoms with Gasteiger partial charge in [-0.15, -0.1) is 12.3 Å². The van der Waals surface area contributed by atoms with Gasteiger partial charge in [-0.1, -0.05) is 26.0 Å². The number of hydrogen-bond acceptors (Lipinski definition) is 3. The van der Waals surface area contributed by atoms with E-state index in [2.05, 4.69) is 39.7 Å². The molecule has 0 aliphatic heterocycles. The van der Waals surface area contributed by atoms with Crippen molar-refractivity contribution < 1.29 is 14.6 Å². The summed E-state index contributed by atoms with van der Waals surface area (Å²) in [5, 5.41) is 10.0. The Labute approximate surface area is 162 Å². The third-order valence-electron chi connectivity index (χ3n) is 4.71. The standard InChI is InChI=1S/C24H28O3/c1-6-7-8-20(25)15-27-21-11-17(4)23(18(5)12-21)14-19-9-10-24(26)22(13-19)16(2)3/h1,9-13,16,26H,7-8,14-15H2,2-5H3. The first-order valence-electron chi connectivity index (χ1n) is 9.31. The van der Waals surface area contributed by atoms with Crippen molar-refractivity contribution in [2.24, 2.45) is 0 Å². The first-order valence-corrected chi connectivity index (χ1v) is 9.31. The number of carbonyl (C=O) groups is 1. The molecule has 0 spiro atoms. The zero-order valence-corrected chi connectivity index (χ0v) is 16.6. The average Bonchev–Trinajstić information content (AvgIpc) is 2.62. The summed E-state index contributed by atoms with van der Waals surface area (Å²) in [5.74, 6) is 3.81. The van der Waals surface area contributed by atoms with Crippen LogP contribution >= 0.6 is 0 Å². The number of ketones is 1. The molecule has 0 fully saturated rings. The van der Waals surface area contributed by atoms with E-state index in [1.54, 1.807) is 6.07 Å². The number of phenolic OH excluding ortho intramolecular Hbond substituents is 1. The lowest BCUT2D eigenvalue weighted by atomic mass is 9.93. The lowest BCUT2D eigenvalue weighted by Crippen LogP contribution is -2.11. The molecule has 0 unspecified atom stereocenters. The maximum absolute atomic E-state index is 11.7. The highest BCUT2D eigenvalue weighted by Crippen LogP contribution is 2.29. The molecule has 2 aromatic rings. The van der Waals surface area contributed by atoms with Crippen LogP contribution in [0.1, 0.15) is 60.4 Å². The summed E-state index contributed by atoms with van der Waals surface area (Å²) >= 11 is 0. The number of hydrogen-bond donors (Lipinski definition) is 1. The van der Waals surface area contributed by atoms with E-state index in [1.165, 1.54) is 11.1 Å². The molecule has 1 N–H and O–H groups in total. The monoisotopic (exact) mass is 364 g/mol. The van der Waals surface area contributed by atoms with Gasteiger partial charge in [-0.3, -0.25) is 4.79 Å². The number of Topliss-reactive ketones (excluding diaryl/α,β-unsaturated/α-hetero) is 1. The summed E-state index contributed by atoms with van der Waals surface area (Å²) in [7, 11) is 0. The first kappa shape index (κ1) is 20.6. The number of aromatic hydroxyl groups is 1. The van der Waals surface area contributed by atoms with Crippen LogP contribution in [0.3, 0.4) is 0 Å². The zero-order chi connectivity index (χ0) is 20.0. The van der Waals surface area contributed by atoms with E-state index in [1.807, 2.05) is 18.2 Å². The molecule has 0 aliphatic carbocycles. The van der Waals surface area contributed by atoms with Gasteiger partial charge in [0, 0.05) is 12.8 Å². The maximum Gasteiger partial charge on any atom is 0.171 e. The Morgan fingerprint density at radius 2 is 1.85 bits per heavy atom. The second kappa shape index (κ2) is 9.28. The minimum Gasteiger partial charge on any atom is -0.508 e. The molecule has 2 aromatic carbocycles. The molecule has 0 heterocycles. The first-order chi connectivity index (χ1) is 12.8.